The molecule has 0 amide bonds. The fraction of sp³-hybridized carbons (Fsp3) is 0.174. The van der Waals surface area contributed by atoms with Crippen LogP contribution in [0.3, 0.4) is 0 Å². The molecule has 0 heterocycles. The van der Waals surface area contributed by atoms with Crippen LogP contribution in [-0.4, -0.2) is 50.6 Å². The van der Waals surface area contributed by atoms with Crippen LogP contribution in [0, 0.1) is 0 Å². The third-order valence-electron chi connectivity index (χ3n) is 8.47. The summed E-state index contributed by atoms with van der Waals surface area (Å²) in [5.41, 5.74) is 2.03. The number of carbonyl (C=O) groups excluding carboxylic acids is 2. The number of para-hydroxylation sites is 2. The summed E-state index contributed by atoms with van der Waals surface area (Å²) in [5, 5.41) is 4.26. The van der Waals surface area contributed by atoms with Crippen LogP contribution in [-0.2, 0) is 19.1 Å². The van der Waals surface area contributed by atoms with Crippen LogP contribution in [0.5, 0.6) is 23.0 Å². The predicted molar refractivity (Wildman–Crippen MR) is 211 cm³/mol. The van der Waals surface area contributed by atoms with Gasteiger partial charge in [0.25, 0.3) is 0 Å². The molecular formula is C46H42O8. The Labute approximate surface area is 315 Å². The maximum atomic E-state index is 12.6. The SMILES string of the molecule is C=C(C)C(=O)OC(COc1ccc2ccccc2c1)COc1ccccc1-c1ccccc1OCC(COc1ccc2ccccc2c1)OC(=O)C(=C)C. The van der Waals surface area contributed by atoms with Crippen molar-refractivity contribution in [1.29, 1.82) is 0 Å². The maximum Gasteiger partial charge on any atom is 0.333 e. The molecule has 2 unspecified atom stereocenters. The Morgan fingerprint density at radius 1 is 0.463 bits per heavy atom. The number of hydrogen-bond acceptors (Lipinski definition) is 8. The molecule has 6 aromatic carbocycles. The third-order valence-corrected chi connectivity index (χ3v) is 8.47. The second kappa shape index (κ2) is 17.8. The Hall–Kier alpha value is -6.54. The quantitative estimate of drug-likeness (QED) is 0.0680. The third kappa shape index (κ3) is 9.86. The van der Waals surface area contributed by atoms with Crippen LogP contribution in [0.15, 0.2) is 158 Å². The first-order chi connectivity index (χ1) is 26.2. The van der Waals surface area contributed by atoms with Gasteiger partial charge in [0.1, 0.15) is 49.4 Å². The lowest BCUT2D eigenvalue weighted by atomic mass is 10.0. The first kappa shape index (κ1) is 37.2. The number of rotatable bonds is 17. The molecule has 0 aliphatic heterocycles. The van der Waals surface area contributed by atoms with Gasteiger partial charge in [-0.25, -0.2) is 9.59 Å². The zero-order chi connectivity index (χ0) is 37.9. The molecule has 0 fully saturated rings. The van der Waals surface area contributed by atoms with Crippen LogP contribution in [0.25, 0.3) is 32.7 Å². The van der Waals surface area contributed by atoms with Crippen LogP contribution in [0.1, 0.15) is 13.8 Å². The monoisotopic (exact) mass is 722 g/mol. The van der Waals surface area contributed by atoms with Crippen LogP contribution < -0.4 is 18.9 Å². The van der Waals surface area contributed by atoms with Gasteiger partial charge in [0.05, 0.1) is 0 Å². The summed E-state index contributed by atoms with van der Waals surface area (Å²) >= 11 is 0. The van der Waals surface area contributed by atoms with Crippen molar-refractivity contribution >= 4 is 33.5 Å². The lowest BCUT2D eigenvalue weighted by Crippen LogP contribution is -2.31. The van der Waals surface area contributed by atoms with E-state index in [1.54, 1.807) is 13.8 Å². The second-order valence-electron chi connectivity index (χ2n) is 12.9. The summed E-state index contributed by atoms with van der Waals surface area (Å²) in [6, 6.07) is 42.6. The fourth-order valence-corrected chi connectivity index (χ4v) is 5.62. The highest BCUT2D eigenvalue weighted by atomic mass is 16.6. The zero-order valence-corrected chi connectivity index (χ0v) is 30.4. The molecule has 0 spiro atoms. The van der Waals surface area contributed by atoms with Gasteiger partial charge in [-0.1, -0.05) is 110 Å². The molecule has 8 nitrogen and oxygen atoms in total. The molecule has 8 heteroatoms. The predicted octanol–water partition coefficient (Wildman–Crippen LogP) is 9.55. The standard InChI is InChI=1S/C46H42O8/c1-31(2)45(47)53-39(27-49-37-23-21-33-13-5-7-15-35(33)25-37)29-51-43-19-11-9-17-41(43)42-18-10-12-20-44(42)52-30-40(54-46(48)32(3)4)28-50-38-24-22-34-14-6-8-16-36(34)26-38/h5-26,39-40H,1,3,27-30H2,2,4H3. The molecule has 2 atom stereocenters. The Morgan fingerprint density at radius 2 is 0.815 bits per heavy atom. The number of carbonyl (C=O) groups is 2. The fourth-order valence-electron chi connectivity index (χ4n) is 5.62. The average molecular weight is 723 g/mol. The van der Waals surface area contributed by atoms with Gasteiger partial charge in [-0.15, -0.1) is 0 Å². The Kier molecular flexibility index (Phi) is 12.3. The van der Waals surface area contributed by atoms with Crippen molar-refractivity contribution in [2.24, 2.45) is 0 Å². The molecule has 0 saturated carbocycles. The van der Waals surface area contributed by atoms with Gasteiger partial charge < -0.3 is 28.4 Å². The molecule has 0 radical (unpaired) electrons. The molecule has 0 saturated heterocycles. The molecule has 0 N–H and O–H groups in total. The van der Waals surface area contributed by atoms with E-state index in [4.69, 9.17) is 28.4 Å². The minimum Gasteiger partial charge on any atom is -0.490 e. The van der Waals surface area contributed by atoms with E-state index in [0.29, 0.717) is 23.0 Å². The molecule has 6 rings (SSSR count). The van der Waals surface area contributed by atoms with E-state index in [1.165, 1.54) is 0 Å². The van der Waals surface area contributed by atoms with E-state index < -0.39 is 24.1 Å². The Morgan fingerprint density at radius 3 is 1.22 bits per heavy atom. The van der Waals surface area contributed by atoms with E-state index in [0.717, 1.165) is 32.7 Å². The lowest BCUT2D eigenvalue weighted by Gasteiger charge is -2.22. The maximum absolute atomic E-state index is 12.6. The lowest BCUT2D eigenvalue weighted by molar-refractivity contribution is -0.148. The summed E-state index contributed by atoms with van der Waals surface area (Å²) in [7, 11) is 0. The van der Waals surface area contributed by atoms with Gasteiger partial charge in [-0.3, -0.25) is 0 Å². The van der Waals surface area contributed by atoms with Crippen molar-refractivity contribution in [1.82, 2.24) is 0 Å². The topological polar surface area (TPSA) is 89.5 Å². The van der Waals surface area contributed by atoms with Gasteiger partial charge in [-0.2, -0.15) is 0 Å². The largest absolute Gasteiger partial charge is 0.490 e. The summed E-state index contributed by atoms with van der Waals surface area (Å²) in [5.74, 6) is 1.30. The molecule has 0 aliphatic rings. The van der Waals surface area contributed by atoms with Crippen LogP contribution in [0.4, 0.5) is 0 Å². The van der Waals surface area contributed by atoms with E-state index in [9.17, 15) is 9.59 Å². The molecule has 0 aliphatic carbocycles. The van der Waals surface area contributed by atoms with Crippen molar-refractivity contribution in [2.75, 3.05) is 26.4 Å². The van der Waals surface area contributed by atoms with Crippen molar-refractivity contribution < 1.29 is 38.0 Å². The molecule has 0 aromatic heterocycles. The average Bonchev–Trinajstić information content (AvgIpc) is 3.19. The van der Waals surface area contributed by atoms with Crippen molar-refractivity contribution in [3.8, 4) is 34.1 Å². The van der Waals surface area contributed by atoms with Gasteiger partial charge in [0, 0.05) is 22.3 Å². The van der Waals surface area contributed by atoms with Crippen LogP contribution >= 0.6 is 0 Å². The summed E-state index contributed by atoms with van der Waals surface area (Å²) in [4.78, 5) is 25.2. The molecule has 54 heavy (non-hydrogen) atoms. The normalized spacial score (nSPS) is 12.0. The first-order valence-electron chi connectivity index (χ1n) is 17.6. The van der Waals surface area contributed by atoms with Crippen molar-refractivity contribution in [3.63, 3.8) is 0 Å². The molecule has 0 bridgehead atoms. The van der Waals surface area contributed by atoms with E-state index in [-0.39, 0.29) is 37.6 Å². The Balaban J connectivity index is 1.16. The first-order valence-corrected chi connectivity index (χ1v) is 17.6. The number of fused-ring (bicyclic) bond motifs is 2. The second-order valence-corrected chi connectivity index (χ2v) is 12.9. The summed E-state index contributed by atoms with van der Waals surface area (Å²) in [6.07, 6.45) is -1.49. The van der Waals surface area contributed by atoms with Crippen molar-refractivity contribution in [3.05, 3.63) is 158 Å². The van der Waals surface area contributed by atoms with Gasteiger partial charge >= 0.3 is 11.9 Å². The highest BCUT2D eigenvalue weighted by Crippen LogP contribution is 2.36. The van der Waals surface area contributed by atoms with E-state index >= 15 is 0 Å². The van der Waals surface area contributed by atoms with Gasteiger partial charge in [-0.05, 0) is 71.8 Å². The van der Waals surface area contributed by atoms with Crippen molar-refractivity contribution in [2.45, 2.75) is 26.1 Å². The number of ether oxygens (including phenoxy) is 6. The number of benzene rings is 6. The number of esters is 2. The summed E-state index contributed by atoms with van der Waals surface area (Å²) < 4.78 is 36.3. The molecule has 274 valence electrons. The van der Waals surface area contributed by atoms with Crippen LogP contribution in [0.2, 0.25) is 0 Å². The zero-order valence-electron chi connectivity index (χ0n) is 30.4. The molecule has 6 aromatic rings. The molecular weight excluding hydrogens is 680 g/mol. The minimum absolute atomic E-state index is 0.0116. The van der Waals surface area contributed by atoms with Gasteiger partial charge in [0.15, 0.2) is 12.2 Å². The summed E-state index contributed by atoms with van der Waals surface area (Å²) in [6.45, 7) is 10.8. The highest BCUT2D eigenvalue weighted by Gasteiger charge is 2.21. The van der Waals surface area contributed by atoms with Gasteiger partial charge in [0.2, 0.25) is 0 Å². The smallest absolute Gasteiger partial charge is 0.333 e. The Bertz CT molecular complexity index is 2110. The van der Waals surface area contributed by atoms with E-state index in [2.05, 4.69) is 13.2 Å². The van der Waals surface area contributed by atoms with E-state index in [1.807, 2.05) is 133 Å². The number of hydrogen-bond donors (Lipinski definition) is 0. The minimum atomic E-state index is -0.744. The highest BCUT2D eigenvalue weighted by molar-refractivity contribution is 5.88.